The molecule has 12 heteroatoms. The number of carbonyl (C=O) groups excluding carboxylic acids is 1. The van der Waals surface area contributed by atoms with Crippen molar-refractivity contribution in [2.75, 3.05) is 6.98 Å². The molecule has 10 nitrogen and oxygen atoms in total. The summed E-state index contributed by atoms with van der Waals surface area (Å²) in [6.07, 6.45) is 4.12. The van der Waals surface area contributed by atoms with Crippen molar-refractivity contribution in [1.82, 2.24) is 29.5 Å². The lowest BCUT2D eigenvalue weighted by molar-refractivity contribution is -0.0505. The van der Waals surface area contributed by atoms with Crippen molar-refractivity contribution in [1.29, 1.82) is 5.26 Å². The van der Waals surface area contributed by atoms with Crippen molar-refractivity contribution in [2.24, 2.45) is 11.1 Å². The first kappa shape index (κ1) is 22.2. The summed E-state index contributed by atoms with van der Waals surface area (Å²) in [5.74, 6) is -1.21. The SMILES string of the molecule is [2H]C([2H])([2H])N1C(=O)c2cccc(OC(F)F)c2[C@H]2C[C@@H]1c1nn3cnc(-c4cnc(C5(N)CC(C)(C#N)C5)nc4C)cc3c12. The van der Waals surface area contributed by atoms with Crippen molar-refractivity contribution in [3.63, 3.8) is 0 Å². The van der Waals surface area contributed by atoms with Crippen LogP contribution < -0.4 is 10.5 Å². The average Bonchev–Trinajstić information content (AvgIpc) is 3.44. The van der Waals surface area contributed by atoms with E-state index in [1.165, 1.54) is 29.0 Å². The van der Waals surface area contributed by atoms with Crippen molar-refractivity contribution in [3.05, 3.63) is 70.7 Å². The van der Waals surface area contributed by atoms with Crippen molar-refractivity contribution in [2.45, 2.75) is 57.2 Å². The molecule has 4 heterocycles. The molecule has 7 rings (SSSR count). The second kappa shape index (κ2) is 8.50. The van der Waals surface area contributed by atoms with Crippen LogP contribution in [-0.2, 0) is 5.54 Å². The maximum absolute atomic E-state index is 13.6. The number of nitrogens with zero attached hydrogens (tertiary/aromatic N) is 7. The number of ether oxygens (including phenoxy) is 1. The second-order valence-corrected chi connectivity index (χ2v) is 11.4. The number of halogens is 2. The Labute approximate surface area is 238 Å². The minimum absolute atomic E-state index is 0.00917. The van der Waals surface area contributed by atoms with Crippen LogP contribution in [0.1, 0.15) is 81.0 Å². The standard InChI is InChI=1S/C29H26F2N8O2/c1-14-17(9-34-26(36-14)29(33)10-28(2,11-29)12-32)18-8-19-23-16-7-20(24(23)37-39(19)13-35-18)38(3)25(40)15-5-4-6-21(22(15)16)41-27(30)31/h4-6,8-9,13,16,20,27H,7,10-11,33H2,1-3H3/t16-,20-,28?,29?/m1/s1/i3D3. The summed E-state index contributed by atoms with van der Waals surface area (Å²) < 4.78 is 57.8. The van der Waals surface area contributed by atoms with Crippen LogP contribution in [-0.4, -0.2) is 49.0 Å². The van der Waals surface area contributed by atoms with Gasteiger partial charge in [0.05, 0.1) is 45.7 Å². The first-order valence-corrected chi connectivity index (χ1v) is 13.1. The van der Waals surface area contributed by atoms with E-state index in [4.69, 9.17) is 14.6 Å². The van der Waals surface area contributed by atoms with Gasteiger partial charge in [0.2, 0.25) is 0 Å². The first-order chi connectivity index (χ1) is 20.7. The van der Waals surface area contributed by atoms with Crippen LogP contribution in [0.4, 0.5) is 8.78 Å². The zero-order valence-corrected chi connectivity index (χ0v) is 22.1. The molecule has 2 bridgehead atoms. The van der Waals surface area contributed by atoms with Crippen molar-refractivity contribution in [3.8, 4) is 23.1 Å². The molecule has 2 aliphatic carbocycles. The minimum atomic E-state index is -3.15. The monoisotopic (exact) mass is 559 g/mol. The number of nitriles is 1. The number of nitrogens with two attached hydrogens (primary N) is 1. The molecule has 0 saturated heterocycles. The summed E-state index contributed by atoms with van der Waals surface area (Å²) in [5, 5.41) is 14.0. The van der Waals surface area contributed by atoms with E-state index in [9.17, 15) is 18.8 Å². The van der Waals surface area contributed by atoms with E-state index in [0.29, 0.717) is 52.4 Å². The van der Waals surface area contributed by atoms with Crippen molar-refractivity contribution >= 4 is 11.4 Å². The fourth-order valence-corrected chi connectivity index (χ4v) is 6.78. The Balaban J connectivity index is 1.37. The number of carbonyl (C=O) groups is 1. The fraction of sp³-hybridized carbons (Fsp3) is 0.379. The lowest BCUT2D eigenvalue weighted by atomic mass is 9.59. The molecule has 208 valence electrons. The van der Waals surface area contributed by atoms with Crippen LogP contribution in [0.3, 0.4) is 0 Å². The molecule has 1 fully saturated rings. The van der Waals surface area contributed by atoms with Crippen LogP contribution in [0, 0.1) is 23.7 Å². The zero-order chi connectivity index (χ0) is 31.3. The number of benzene rings is 1. The third-order valence-corrected chi connectivity index (χ3v) is 8.49. The normalized spacial score (nSPS) is 27.8. The second-order valence-electron chi connectivity index (χ2n) is 11.4. The van der Waals surface area contributed by atoms with E-state index >= 15 is 0 Å². The minimum Gasteiger partial charge on any atom is -0.434 e. The highest BCUT2D eigenvalue weighted by Crippen LogP contribution is 2.54. The Morgan fingerprint density at radius 3 is 2.78 bits per heavy atom. The molecule has 1 aliphatic heterocycles. The molecular weight excluding hydrogens is 530 g/mol. The molecular formula is C29H26F2N8O2. The first-order valence-electron chi connectivity index (χ1n) is 14.6. The Hall–Kier alpha value is -4.50. The topological polar surface area (TPSA) is 135 Å². The van der Waals surface area contributed by atoms with Gasteiger partial charge in [0.15, 0.2) is 0 Å². The molecule has 2 atom stereocenters. The predicted molar refractivity (Wildman–Crippen MR) is 142 cm³/mol. The number of hydrogen-bond donors (Lipinski definition) is 1. The summed E-state index contributed by atoms with van der Waals surface area (Å²) >= 11 is 0. The molecule has 2 N–H and O–H groups in total. The largest absolute Gasteiger partial charge is 0.434 e. The van der Waals surface area contributed by atoms with Gasteiger partial charge < -0.3 is 15.4 Å². The summed E-state index contributed by atoms with van der Waals surface area (Å²) in [6.45, 7) is -2.31. The molecule has 3 aliphatic rings. The van der Waals surface area contributed by atoms with Gasteiger partial charge in [-0.15, -0.1) is 0 Å². The number of aryl methyl sites for hydroxylation is 1. The molecule has 41 heavy (non-hydrogen) atoms. The maximum atomic E-state index is 13.6. The van der Waals surface area contributed by atoms with E-state index in [1.54, 1.807) is 19.2 Å². The Bertz CT molecular complexity index is 1920. The van der Waals surface area contributed by atoms with Gasteiger partial charge in [-0.1, -0.05) is 6.07 Å². The zero-order valence-electron chi connectivity index (χ0n) is 25.1. The van der Waals surface area contributed by atoms with Gasteiger partial charge in [-0.25, -0.2) is 19.5 Å². The van der Waals surface area contributed by atoms with Gasteiger partial charge in [-0.2, -0.15) is 19.1 Å². The predicted octanol–water partition coefficient (Wildman–Crippen LogP) is 4.24. The summed E-state index contributed by atoms with van der Waals surface area (Å²) in [5.41, 5.74) is 8.66. The lowest BCUT2D eigenvalue weighted by Gasteiger charge is -2.47. The van der Waals surface area contributed by atoms with Gasteiger partial charge in [0.25, 0.3) is 5.91 Å². The van der Waals surface area contributed by atoms with Crippen LogP contribution in [0.5, 0.6) is 5.75 Å². The number of alkyl halides is 2. The number of amides is 1. The molecule has 0 spiro atoms. The van der Waals surface area contributed by atoms with E-state index in [1.807, 2.05) is 6.92 Å². The third-order valence-electron chi connectivity index (χ3n) is 8.49. The van der Waals surface area contributed by atoms with Gasteiger partial charge in [0.1, 0.15) is 17.9 Å². The number of aromatic nitrogens is 5. The van der Waals surface area contributed by atoms with E-state index in [2.05, 4.69) is 26.1 Å². The Morgan fingerprint density at radius 1 is 1.27 bits per heavy atom. The smallest absolute Gasteiger partial charge is 0.387 e. The van der Waals surface area contributed by atoms with E-state index < -0.39 is 42.4 Å². The molecule has 3 aromatic heterocycles. The quantitative estimate of drug-likeness (QED) is 0.392. The molecule has 1 aromatic carbocycles. The summed E-state index contributed by atoms with van der Waals surface area (Å²) in [6, 6.07) is 7.30. The van der Waals surface area contributed by atoms with Gasteiger partial charge in [0, 0.05) is 45.5 Å². The lowest BCUT2D eigenvalue weighted by Crippen LogP contribution is -2.54. The molecule has 4 aromatic rings. The average molecular weight is 560 g/mol. The van der Waals surface area contributed by atoms with Crippen LogP contribution in [0.15, 0.2) is 36.8 Å². The number of hydrogen-bond acceptors (Lipinski definition) is 8. The molecule has 0 unspecified atom stereocenters. The van der Waals surface area contributed by atoms with E-state index in [0.717, 1.165) is 4.90 Å². The van der Waals surface area contributed by atoms with Gasteiger partial charge in [-0.05, 0) is 51.3 Å². The highest BCUT2D eigenvalue weighted by atomic mass is 19.3. The van der Waals surface area contributed by atoms with Crippen LogP contribution in [0.2, 0.25) is 0 Å². The van der Waals surface area contributed by atoms with Gasteiger partial charge in [-0.3, -0.25) is 4.79 Å². The Kier molecular flexibility index (Phi) is 4.61. The summed E-state index contributed by atoms with van der Waals surface area (Å²) in [4.78, 5) is 28.2. The van der Waals surface area contributed by atoms with E-state index in [-0.39, 0.29) is 23.3 Å². The molecule has 1 amide bonds. The third kappa shape index (κ3) is 3.65. The molecule has 1 saturated carbocycles. The number of rotatable bonds is 4. The Morgan fingerprint density at radius 2 is 2.07 bits per heavy atom. The van der Waals surface area contributed by atoms with Crippen LogP contribution in [0.25, 0.3) is 16.8 Å². The fourth-order valence-electron chi connectivity index (χ4n) is 6.78. The highest BCUT2D eigenvalue weighted by molar-refractivity contribution is 5.98. The van der Waals surface area contributed by atoms with Gasteiger partial charge >= 0.3 is 6.61 Å². The highest BCUT2D eigenvalue weighted by Gasteiger charge is 2.53. The molecule has 0 radical (unpaired) electrons. The van der Waals surface area contributed by atoms with Crippen LogP contribution >= 0.6 is 0 Å². The number of fused-ring (bicyclic) bond motifs is 9. The van der Waals surface area contributed by atoms with Crippen molar-refractivity contribution < 1.29 is 22.4 Å². The summed E-state index contributed by atoms with van der Waals surface area (Å²) in [7, 11) is 0. The maximum Gasteiger partial charge on any atom is 0.387 e.